The summed E-state index contributed by atoms with van der Waals surface area (Å²) >= 11 is 0. The van der Waals surface area contributed by atoms with Crippen LogP contribution in [0.15, 0.2) is 38.0 Å². The quantitative estimate of drug-likeness (QED) is 0.0566. The number of rotatable bonds is 13. The number of hydrogen-bond acceptors (Lipinski definition) is 25. The Labute approximate surface area is 671 Å². The number of aliphatic carboxylic acids is 1. The van der Waals surface area contributed by atoms with Crippen molar-refractivity contribution in [2.45, 2.75) is 401 Å². The lowest BCUT2D eigenvalue weighted by molar-refractivity contribution is -0.162. The van der Waals surface area contributed by atoms with E-state index in [1.54, 1.807) is 68.4 Å². The van der Waals surface area contributed by atoms with E-state index in [1.165, 1.54) is 12.0 Å². The molecule has 0 radical (unpaired) electrons. The lowest BCUT2D eigenvalue weighted by atomic mass is 10.1. The Balaban J connectivity index is 0.00000131. The van der Waals surface area contributed by atoms with Crippen molar-refractivity contribution in [3.05, 3.63) is 38.0 Å². The lowest BCUT2D eigenvalue weighted by Gasteiger charge is -2.32. The van der Waals surface area contributed by atoms with Gasteiger partial charge < -0.3 is 74.1 Å². The number of methoxy groups -OCH3 is 1. The highest BCUT2D eigenvalue weighted by Gasteiger charge is 2.47. The SMILES string of the molecule is C=CCC1CC[C@@H](C(=O)OC(C)(C)C)N1C(=O)OC(C)(C)C.C=CC[C@@H]1CC[C@@H](C(=O)OC(C)(C)C)N1.C=CC[C@H]1CC[C@@H](C(=O)OC(C)(C)C)N1.CC.CC(C)(C)OC(=O)[C@@H]1CCC(=O)N1.CC(C)(C)OC(=O)[C@@H]1CCC(=O)N1C(=O)OC(C)(C)C.COC(=O)[C@@H]1CCC(O)N1C(=O)OC(C)(C)C.O=C1CC[C@@H](C(=O)O)N1. The molecule has 648 valence electrons. The van der Waals surface area contributed by atoms with Gasteiger partial charge >= 0.3 is 60.1 Å². The van der Waals surface area contributed by atoms with Crippen molar-refractivity contribution in [2.24, 2.45) is 0 Å². The van der Waals surface area contributed by atoms with Gasteiger partial charge in [0.1, 0.15) is 93.3 Å². The van der Waals surface area contributed by atoms with Gasteiger partial charge in [0, 0.05) is 37.4 Å². The number of carbonyl (C=O) groups excluding carboxylic acids is 12. The highest BCUT2D eigenvalue weighted by atomic mass is 16.6. The third kappa shape index (κ3) is 43.2. The first-order valence-corrected chi connectivity index (χ1v) is 39.2. The van der Waals surface area contributed by atoms with Crippen LogP contribution >= 0.6 is 0 Å². The number of carboxylic acids is 1. The first kappa shape index (κ1) is 105. The van der Waals surface area contributed by atoms with Crippen molar-refractivity contribution in [1.29, 1.82) is 0 Å². The fraction of sp³-hybridized carbons (Fsp3) is 0.768. The number of esters is 6. The van der Waals surface area contributed by atoms with Gasteiger partial charge in [0.05, 0.1) is 7.11 Å². The molecule has 31 nitrogen and oxygen atoms in total. The van der Waals surface area contributed by atoms with Crippen LogP contribution < -0.4 is 21.3 Å². The molecule has 0 saturated carbocycles. The van der Waals surface area contributed by atoms with Crippen LogP contribution in [0.2, 0.25) is 0 Å². The van der Waals surface area contributed by atoms with E-state index in [9.17, 15) is 67.4 Å². The predicted molar refractivity (Wildman–Crippen MR) is 425 cm³/mol. The second-order valence-electron chi connectivity index (χ2n) is 35.8. The van der Waals surface area contributed by atoms with Crippen molar-refractivity contribution in [3.63, 3.8) is 0 Å². The number of imide groups is 1. The smallest absolute Gasteiger partial charge is 0.417 e. The highest BCUT2D eigenvalue weighted by Crippen LogP contribution is 2.32. The monoisotopic (exact) mass is 1610 g/mol. The van der Waals surface area contributed by atoms with Crippen LogP contribution in [0, 0.1) is 0 Å². The molecule has 0 spiro atoms. The fourth-order valence-corrected chi connectivity index (χ4v) is 11.5. The zero-order chi connectivity index (χ0) is 87.9. The Kier molecular flexibility index (Phi) is 43.0. The molecule has 0 aromatic rings. The number of aliphatic hydroxyl groups excluding tert-OH is 1. The summed E-state index contributed by atoms with van der Waals surface area (Å²) in [6.45, 7) is 58.3. The molecule has 7 rings (SSSR count). The molecular weight excluding hydrogens is 1470 g/mol. The third-order valence-electron chi connectivity index (χ3n) is 15.9. The highest BCUT2D eigenvalue weighted by molar-refractivity contribution is 5.99. The van der Waals surface area contributed by atoms with Crippen molar-refractivity contribution in [3.8, 4) is 0 Å². The maximum atomic E-state index is 12.5. The standard InChI is InChI=1S/C17H29NO4.C14H23NO5.2C12H21NO2.C11H19NO5.C9H15NO3.C5H7NO3.C2H6/c1-8-9-12-10-11-13(14(19)21-16(2,3)4)18(12)15(20)22-17(5,6)7;1-13(2,3)19-11(17)9-7-8-10(16)15(9)12(18)20-14(4,5)6;2*1-5-6-9-7-8-10(13-9)11(14)15-12(2,3)4;1-11(2,3)17-10(15)12-7(9(14)16-4)5-6-8(12)13;1-9(2,3)13-8(12)6-4-5-7(11)10-6;7-4-2-1-3(6-4)5(8)9;1-2/h8,12-13H,1,9-11H2,2-7H3;9H,7-8H2,1-6H3;2*5,9-10,13H,1,6-8H2,2-4H3;7-8,13H,5-6H2,1-4H3;6H,4-5H2,1-3H3,(H,10,11);3H,1-2H2,(H,6,7)(H,8,9);1-2H3/t12?,13-;9-;9-,10+;9-,10-;7-,8?;6-;3-;/m0010000./s1. The molecule has 11 atom stereocenters. The first-order valence-electron chi connectivity index (χ1n) is 39.2. The number of nitrogens with one attached hydrogen (secondary N) is 4. The maximum absolute atomic E-state index is 12.5. The van der Waals surface area contributed by atoms with Gasteiger partial charge in [-0.25, -0.2) is 43.3 Å². The fourth-order valence-electron chi connectivity index (χ4n) is 11.5. The molecule has 31 heteroatoms. The molecule has 0 bridgehead atoms. The van der Waals surface area contributed by atoms with Crippen LogP contribution in [0.25, 0.3) is 0 Å². The molecule has 7 aliphatic rings. The first-order chi connectivity index (χ1) is 51.5. The molecule has 113 heavy (non-hydrogen) atoms. The number of nitrogens with zero attached hydrogens (tertiary/aromatic N) is 3. The summed E-state index contributed by atoms with van der Waals surface area (Å²) in [5, 5.41) is 29.4. The van der Waals surface area contributed by atoms with E-state index in [0.29, 0.717) is 63.5 Å². The van der Waals surface area contributed by atoms with Crippen LogP contribution in [-0.4, -0.2) is 221 Å². The van der Waals surface area contributed by atoms with Crippen molar-refractivity contribution < 1.29 is 115 Å². The summed E-state index contributed by atoms with van der Waals surface area (Å²) in [5.41, 5.74) is -4.50. The van der Waals surface area contributed by atoms with Gasteiger partial charge in [-0.05, 0) is 256 Å². The van der Waals surface area contributed by atoms with E-state index in [-0.39, 0.29) is 66.7 Å². The summed E-state index contributed by atoms with van der Waals surface area (Å²) in [4.78, 5) is 154. The average molecular weight is 1610 g/mol. The zero-order valence-corrected chi connectivity index (χ0v) is 72.9. The number of carbonyl (C=O) groups is 13. The van der Waals surface area contributed by atoms with Gasteiger partial charge in [-0.3, -0.25) is 33.8 Å². The molecule has 0 aromatic heterocycles. The molecule has 0 aliphatic carbocycles. The molecular formula is C82H141N7O24. The van der Waals surface area contributed by atoms with E-state index in [0.717, 1.165) is 54.7 Å². The summed E-state index contributed by atoms with van der Waals surface area (Å²) in [7, 11) is 1.25. The van der Waals surface area contributed by atoms with Crippen LogP contribution in [0.5, 0.6) is 0 Å². The largest absolute Gasteiger partial charge is 0.480 e. The molecule has 6 N–H and O–H groups in total. The summed E-state index contributed by atoms with van der Waals surface area (Å²) < 4.78 is 46.8. The van der Waals surface area contributed by atoms with E-state index in [2.05, 4.69) is 45.7 Å². The summed E-state index contributed by atoms with van der Waals surface area (Å²) in [5.74, 6) is -3.66. The molecule has 7 heterocycles. The number of ether oxygens (including phenoxy) is 9. The Bertz CT molecular complexity index is 3120. The third-order valence-corrected chi connectivity index (χ3v) is 15.9. The lowest BCUT2D eigenvalue weighted by Crippen LogP contribution is -2.48. The van der Waals surface area contributed by atoms with E-state index >= 15 is 0 Å². The Morgan fingerprint density at radius 2 is 0.708 bits per heavy atom. The molecule has 7 saturated heterocycles. The molecule has 6 amide bonds. The number of likely N-dealkylation sites (tertiary alicyclic amines) is 3. The Morgan fingerprint density at radius 3 is 1.04 bits per heavy atom. The second kappa shape index (κ2) is 46.4. The van der Waals surface area contributed by atoms with Crippen LogP contribution in [0.4, 0.5) is 14.4 Å². The zero-order valence-electron chi connectivity index (χ0n) is 72.9. The molecule has 0 aromatic carbocycles. The van der Waals surface area contributed by atoms with Crippen LogP contribution in [0.1, 0.15) is 289 Å². The molecule has 2 unspecified atom stereocenters. The van der Waals surface area contributed by atoms with Crippen molar-refractivity contribution in [1.82, 2.24) is 36.0 Å². The van der Waals surface area contributed by atoms with Crippen molar-refractivity contribution in [2.75, 3.05) is 7.11 Å². The van der Waals surface area contributed by atoms with Gasteiger partial charge in [-0.15, -0.1) is 19.7 Å². The minimum Gasteiger partial charge on any atom is -0.480 e. The molecule has 7 aliphatic heterocycles. The van der Waals surface area contributed by atoms with E-state index in [1.807, 2.05) is 130 Å². The summed E-state index contributed by atoms with van der Waals surface area (Å²) in [6, 6.07) is -2.86. The van der Waals surface area contributed by atoms with Gasteiger partial charge in [0.25, 0.3) is 0 Å². The number of amides is 6. The van der Waals surface area contributed by atoms with Gasteiger partial charge in [0.15, 0.2) is 0 Å². The number of carboxylic acid groups (broad SMARTS) is 1. The average Bonchev–Trinajstić information content (AvgIpc) is 1.68. The van der Waals surface area contributed by atoms with E-state index < -0.39 is 123 Å². The van der Waals surface area contributed by atoms with Crippen LogP contribution in [0.3, 0.4) is 0 Å². The minimum absolute atomic E-state index is 0.0649. The van der Waals surface area contributed by atoms with Gasteiger partial charge in [-0.1, -0.05) is 32.1 Å². The Hall–Kier alpha value is -8.19. The van der Waals surface area contributed by atoms with Gasteiger partial charge in [0.2, 0.25) is 17.7 Å². The maximum Gasteiger partial charge on any atom is 0.417 e. The normalized spacial score (nSPS) is 23.3. The summed E-state index contributed by atoms with van der Waals surface area (Å²) in [6.07, 6.45) is 13.1. The second-order valence-corrected chi connectivity index (χ2v) is 35.8. The van der Waals surface area contributed by atoms with Crippen LogP contribution in [-0.2, 0) is 90.6 Å². The molecule has 7 fully saturated rings. The minimum atomic E-state index is -0.992. The topological polar surface area (TPSA) is 403 Å². The van der Waals surface area contributed by atoms with Gasteiger partial charge in [-0.2, -0.15) is 0 Å². The number of aliphatic hydroxyl groups is 1. The van der Waals surface area contributed by atoms with Crippen molar-refractivity contribution >= 4 is 77.8 Å². The predicted octanol–water partition coefficient (Wildman–Crippen LogP) is 11.8. The van der Waals surface area contributed by atoms with E-state index in [4.69, 9.17) is 43.0 Å². The Morgan fingerprint density at radius 1 is 0.381 bits per heavy atom. The number of hydrogen-bond donors (Lipinski definition) is 6.